The molecule has 0 unspecified atom stereocenters. The van der Waals surface area contributed by atoms with Gasteiger partial charge < -0.3 is 15.0 Å². The van der Waals surface area contributed by atoms with E-state index in [-0.39, 0.29) is 18.4 Å². The maximum Gasteiger partial charge on any atom is 0.265 e. The van der Waals surface area contributed by atoms with Crippen molar-refractivity contribution in [1.29, 1.82) is 0 Å². The smallest absolute Gasteiger partial charge is 0.265 e. The number of piperidine rings is 1. The molecule has 2 aromatic carbocycles. The van der Waals surface area contributed by atoms with E-state index in [1.54, 1.807) is 11.0 Å². The molecule has 0 radical (unpaired) electrons. The molecule has 1 N–H and O–H groups in total. The van der Waals surface area contributed by atoms with Crippen molar-refractivity contribution in [3.05, 3.63) is 63.6 Å². The quantitative estimate of drug-likeness (QED) is 0.492. The first-order valence-electron chi connectivity index (χ1n) is 11.6. The summed E-state index contributed by atoms with van der Waals surface area (Å²) in [6.45, 7) is 5.77. The summed E-state index contributed by atoms with van der Waals surface area (Å²) < 4.78 is 6.23. The van der Waals surface area contributed by atoms with E-state index >= 15 is 0 Å². The van der Waals surface area contributed by atoms with Crippen LogP contribution in [0, 0.1) is 6.92 Å². The number of nitrogens with zero attached hydrogens (tertiary/aromatic N) is 2. The Morgan fingerprint density at radius 2 is 1.76 bits per heavy atom. The van der Waals surface area contributed by atoms with Crippen LogP contribution in [0.3, 0.4) is 0 Å². The molecule has 0 bridgehead atoms. The van der Waals surface area contributed by atoms with Crippen molar-refractivity contribution < 1.29 is 14.3 Å². The third-order valence-electron chi connectivity index (χ3n) is 6.37. The van der Waals surface area contributed by atoms with E-state index in [4.69, 9.17) is 17.0 Å². The van der Waals surface area contributed by atoms with Crippen LogP contribution < -0.4 is 15.0 Å². The van der Waals surface area contributed by atoms with Crippen LogP contribution in [-0.2, 0) is 22.7 Å². The Morgan fingerprint density at radius 1 is 1.06 bits per heavy atom. The highest BCUT2D eigenvalue weighted by atomic mass is 32.2. The second-order valence-corrected chi connectivity index (χ2v) is 10.7. The third kappa shape index (κ3) is 5.04. The first-order valence-corrected chi connectivity index (χ1v) is 12.8. The van der Waals surface area contributed by atoms with Gasteiger partial charge in [0, 0.05) is 6.54 Å². The van der Waals surface area contributed by atoms with Crippen molar-refractivity contribution in [1.82, 2.24) is 10.2 Å². The number of rotatable bonds is 5. The topological polar surface area (TPSA) is 61.9 Å². The Bertz CT molecular complexity index is 1170. The van der Waals surface area contributed by atoms with Crippen LogP contribution in [0.5, 0.6) is 5.75 Å². The molecule has 0 aliphatic carbocycles. The van der Waals surface area contributed by atoms with Gasteiger partial charge >= 0.3 is 0 Å². The van der Waals surface area contributed by atoms with E-state index in [0.717, 1.165) is 28.9 Å². The summed E-state index contributed by atoms with van der Waals surface area (Å²) in [6.07, 6.45) is 5.71. The van der Waals surface area contributed by atoms with Crippen molar-refractivity contribution in [3.8, 4) is 5.75 Å². The fourth-order valence-electron chi connectivity index (χ4n) is 4.65. The average molecular weight is 494 g/mol. The molecule has 0 saturated carbocycles. The lowest BCUT2D eigenvalue weighted by Gasteiger charge is -2.31. The number of thioether (sulfide) groups is 1. The lowest BCUT2D eigenvalue weighted by molar-refractivity contribution is -0.121. The van der Waals surface area contributed by atoms with E-state index < -0.39 is 0 Å². The number of fused-ring (bicyclic) bond motifs is 1. The minimum Gasteiger partial charge on any atom is -0.481 e. The Labute approximate surface area is 209 Å². The van der Waals surface area contributed by atoms with Gasteiger partial charge in [-0.25, -0.2) is 0 Å². The number of nitrogens with one attached hydrogen (secondary N) is 1. The molecular weight excluding hydrogens is 466 g/mol. The SMILES string of the molecule is Cc1cc(C=C2SC(=S)NC2=O)cc2c1OCC(=O)N2Cc1ccc(CN2CCCCC2)cc1. The maximum absolute atomic E-state index is 12.8. The van der Waals surface area contributed by atoms with Gasteiger partial charge in [0.2, 0.25) is 0 Å². The van der Waals surface area contributed by atoms with Gasteiger partial charge in [-0.3, -0.25) is 14.5 Å². The highest BCUT2D eigenvalue weighted by Gasteiger charge is 2.28. The van der Waals surface area contributed by atoms with Gasteiger partial charge in [0.25, 0.3) is 11.8 Å². The maximum atomic E-state index is 12.8. The van der Waals surface area contributed by atoms with Crippen molar-refractivity contribution in [2.45, 2.75) is 39.3 Å². The Balaban J connectivity index is 1.37. The number of likely N-dealkylation sites (tertiary alicyclic amines) is 1. The highest BCUT2D eigenvalue weighted by molar-refractivity contribution is 8.26. The summed E-state index contributed by atoms with van der Waals surface area (Å²) in [5, 5.41) is 2.64. The number of anilines is 1. The molecule has 2 fully saturated rings. The molecule has 6 nitrogen and oxygen atoms in total. The second-order valence-electron chi connectivity index (χ2n) is 8.96. The molecule has 3 aliphatic heterocycles. The predicted molar refractivity (Wildman–Crippen MR) is 140 cm³/mol. The average Bonchev–Trinajstić information content (AvgIpc) is 3.14. The van der Waals surface area contributed by atoms with Crippen LogP contribution in [0.15, 0.2) is 41.3 Å². The summed E-state index contributed by atoms with van der Waals surface area (Å²) >= 11 is 6.34. The number of ether oxygens (including phenoxy) is 1. The van der Waals surface area contributed by atoms with E-state index in [0.29, 0.717) is 21.5 Å². The number of amides is 2. The van der Waals surface area contributed by atoms with Crippen LogP contribution in [0.25, 0.3) is 6.08 Å². The number of carbonyl (C=O) groups is 2. The highest BCUT2D eigenvalue weighted by Crippen LogP contribution is 2.38. The molecule has 0 aromatic heterocycles. The number of aryl methyl sites for hydroxylation is 1. The summed E-state index contributed by atoms with van der Waals surface area (Å²) in [5.41, 5.74) is 4.85. The molecule has 34 heavy (non-hydrogen) atoms. The Morgan fingerprint density at radius 3 is 2.44 bits per heavy atom. The summed E-state index contributed by atoms with van der Waals surface area (Å²) in [5.74, 6) is 0.435. The summed E-state index contributed by atoms with van der Waals surface area (Å²) in [6, 6.07) is 12.4. The number of benzene rings is 2. The predicted octanol–water partition coefficient (Wildman–Crippen LogP) is 4.40. The van der Waals surface area contributed by atoms with Crippen LogP contribution in [0.2, 0.25) is 0 Å². The molecule has 0 atom stereocenters. The monoisotopic (exact) mass is 493 g/mol. The number of hydrogen-bond donors (Lipinski definition) is 1. The lowest BCUT2D eigenvalue weighted by Crippen LogP contribution is -2.38. The first-order chi connectivity index (χ1) is 16.5. The molecule has 3 aliphatic rings. The van der Waals surface area contributed by atoms with Gasteiger partial charge in [0.15, 0.2) is 6.61 Å². The van der Waals surface area contributed by atoms with Crippen molar-refractivity contribution in [3.63, 3.8) is 0 Å². The standard InChI is InChI=1S/C26H27N3O3S2/c1-17-11-20(13-22-25(31)27-26(33)34-22)12-21-24(17)32-16-23(30)29(21)15-19-7-5-18(6-8-19)14-28-9-3-2-4-10-28/h5-8,11-13H,2-4,9-10,14-16H2,1H3,(H,27,31,33). The third-order valence-corrected chi connectivity index (χ3v) is 7.53. The van der Waals surface area contributed by atoms with Crippen LogP contribution in [0.4, 0.5) is 5.69 Å². The molecule has 5 rings (SSSR count). The fraction of sp³-hybridized carbons (Fsp3) is 0.346. The van der Waals surface area contributed by atoms with Gasteiger partial charge in [0.1, 0.15) is 10.1 Å². The lowest BCUT2D eigenvalue weighted by atomic mass is 10.0. The van der Waals surface area contributed by atoms with E-state index in [9.17, 15) is 9.59 Å². The molecule has 2 saturated heterocycles. The minimum atomic E-state index is -0.195. The largest absolute Gasteiger partial charge is 0.481 e. The Kier molecular flexibility index (Phi) is 6.72. The van der Waals surface area contributed by atoms with Gasteiger partial charge in [-0.2, -0.15) is 0 Å². The van der Waals surface area contributed by atoms with Gasteiger partial charge in [0.05, 0.1) is 17.1 Å². The first kappa shape index (κ1) is 23.1. The number of hydrogen-bond acceptors (Lipinski definition) is 6. The summed E-state index contributed by atoms with van der Waals surface area (Å²) in [7, 11) is 0. The zero-order valence-electron chi connectivity index (χ0n) is 19.1. The minimum absolute atomic E-state index is 0.0217. The number of thiocarbonyl (C=S) groups is 1. The molecule has 176 valence electrons. The molecule has 3 heterocycles. The van der Waals surface area contributed by atoms with Crippen LogP contribution in [0.1, 0.15) is 41.5 Å². The van der Waals surface area contributed by atoms with Crippen LogP contribution >= 0.6 is 24.0 Å². The zero-order chi connectivity index (χ0) is 23.7. The molecule has 0 spiro atoms. The molecular formula is C26H27N3O3S2. The molecule has 2 amide bonds. The Hall–Kier alpha value is -2.68. The van der Waals surface area contributed by atoms with Gasteiger partial charge in [-0.1, -0.05) is 54.7 Å². The molecule has 2 aromatic rings. The van der Waals surface area contributed by atoms with Crippen molar-refractivity contribution in [2.75, 3.05) is 24.6 Å². The van der Waals surface area contributed by atoms with E-state index in [2.05, 4.69) is 34.5 Å². The van der Waals surface area contributed by atoms with E-state index in [1.807, 2.05) is 19.1 Å². The normalized spacial score (nSPS) is 19.9. The fourth-order valence-corrected chi connectivity index (χ4v) is 5.70. The number of carbonyl (C=O) groups excluding carboxylic acids is 2. The summed E-state index contributed by atoms with van der Waals surface area (Å²) in [4.78, 5) is 29.8. The second kappa shape index (κ2) is 9.90. The van der Waals surface area contributed by atoms with Gasteiger partial charge in [-0.05, 0) is 73.3 Å². The molecule has 8 heteroatoms. The van der Waals surface area contributed by atoms with E-state index in [1.165, 1.54) is 49.7 Å². The van der Waals surface area contributed by atoms with Crippen molar-refractivity contribution >= 4 is 51.9 Å². The van der Waals surface area contributed by atoms with Crippen molar-refractivity contribution in [2.24, 2.45) is 0 Å². The van der Waals surface area contributed by atoms with Crippen LogP contribution in [-0.4, -0.2) is 40.7 Å². The van der Waals surface area contributed by atoms with Gasteiger partial charge in [-0.15, -0.1) is 0 Å². The zero-order valence-corrected chi connectivity index (χ0v) is 20.8.